The van der Waals surface area contributed by atoms with Crippen molar-refractivity contribution in [1.82, 2.24) is 39.7 Å². The van der Waals surface area contributed by atoms with E-state index < -0.39 is 24.5 Å². The molecule has 5 N–H and O–H groups in total. The zero-order valence-electron chi connectivity index (χ0n) is 24.2. The van der Waals surface area contributed by atoms with Gasteiger partial charge in [0.15, 0.2) is 29.0 Å². The van der Waals surface area contributed by atoms with Gasteiger partial charge in [-0.1, -0.05) is 66.7 Å². The van der Waals surface area contributed by atoms with Crippen molar-refractivity contribution in [2.24, 2.45) is 0 Å². The fourth-order valence-corrected chi connectivity index (χ4v) is 5.62. The van der Waals surface area contributed by atoms with Crippen molar-refractivity contribution in [2.45, 2.75) is 36.9 Å². The fraction of sp³-hybridized carbons (Fsp3) is 0.250. The number of rotatable bonds is 11. The molecule has 0 amide bonds. The van der Waals surface area contributed by atoms with Crippen molar-refractivity contribution in [2.75, 3.05) is 23.7 Å². The second-order valence-electron chi connectivity index (χ2n) is 10.8. The van der Waals surface area contributed by atoms with Crippen LogP contribution in [0.15, 0.2) is 97.7 Å². The van der Waals surface area contributed by atoms with Crippen LogP contribution < -0.4 is 10.6 Å². The molecule has 13 nitrogen and oxygen atoms in total. The van der Waals surface area contributed by atoms with Gasteiger partial charge in [-0.25, -0.2) is 9.97 Å². The predicted octanol–water partition coefficient (Wildman–Crippen LogP) is 3.23. The number of hydrogen-bond acceptors (Lipinski definition) is 11. The van der Waals surface area contributed by atoms with Gasteiger partial charge >= 0.3 is 0 Å². The third-order valence-corrected chi connectivity index (χ3v) is 7.90. The molecule has 1 fully saturated rings. The van der Waals surface area contributed by atoms with Gasteiger partial charge in [-0.05, 0) is 23.3 Å². The number of aliphatic hydroxyl groups excluding tert-OH is 2. The second-order valence-corrected chi connectivity index (χ2v) is 10.8. The Bertz CT molecular complexity index is 1780. The topological polar surface area (TPSA) is 172 Å². The van der Waals surface area contributed by atoms with E-state index in [2.05, 4.69) is 60.0 Å². The van der Waals surface area contributed by atoms with E-state index in [1.165, 1.54) is 12.7 Å². The lowest BCUT2D eigenvalue weighted by Crippen LogP contribution is -2.29. The van der Waals surface area contributed by atoms with Crippen molar-refractivity contribution in [3.63, 3.8) is 0 Å². The number of aromatic amines is 1. The number of pyridine rings is 1. The lowest BCUT2D eigenvalue weighted by atomic mass is 9.91. The predicted molar refractivity (Wildman–Crippen MR) is 166 cm³/mol. The van der Waals surface area contributed by atoms with Gasteiger partial charge in [0, 0.05) is 37.3 Å². The number of nitrogens with zero attached hydrogens (tertiary/aromatic N) is 7. The summed E-state index contributed by atoms with van der Waals surface area (Å²) in [7, 11) is 0. The molecule has 0 saturated carbocycles. The van der Waals surface area contributed by atoms with Crippen molar-refractivity contribution in [1.29, 1.82) is 0 Å². The van der Waals surface area contributed by atoms with Crippen LogP contribution in [-0.4, -0.2) is 75.2 Å². The van der Waals surface area contributed by atoms with E-state index in [0.717, 1.165) is 16.8 Å². The van der Waals surface area contributed by atoms with E-state index in [9.17, 15) is 10.2 Å². The van der Waals surface area contributed by atoms with Gasteiger partial charge in [0.1, 0.15) is 24.6 Å². The number of anilines is 2. The first kappa shape index (κ1) is 28.5. The van der Waals surface area contributed by atoms with Crippen LogP contribution >= 0.6 is 0 Å². The summed E-state index contributed by atoms with van der Waals surface area (Å²) >= 11 is 0. The Balaban J connectivity index is 1.21. The first-order valence-corrected chi connectivity index (χ1v) is 14.7. The first-order valence-electron chi connectivity index (χ1n) is 14.7. The van der Waals surface area contributed by atoms with Gasteiger partial charge in [-0.3, -0.25) is 14.6 Å². The number of aromatic nitrogens is 8. The molecule has 1 aliphatic rings. The Hall–Kier alpha value is -5.24. The third-order valence-electron chi connectivity index (χ3n) is 7.90. The standard InChI is InChI=1S/C32H32N10O3/c43-25-26(44)31(45-27(25)29-36-18-38-41-29)42-19-37-24-28(39-32(40-30(24)42)34-16-14-22-13-7-8-15-33-22)35-17-23(20-9-3-1-4-10-20)21-11-5-2-6-12-21/h1-13,15,18-19,23,25-27,31,43-44H,14,16-17H2,(H,36,38,41)(H2,34,35,39,40)/t25-,26+,27?,31+/m0/s1. The molecule has 1 aliphatic heterocycles. The van der Waals surface area contributed by atoms with Gasteiger partial charge < -0.3 is 25.6 Å². The number of imidazole rings is 1. The summed E-state index contributed by atoms with van der Waals surface area (Å²) in [5.41, 5.74) is 4.20. The number of nitrogens with one attached hydrogen (secondary N) is 3. The monoisotopic (exact) mass is 604 g/mol. The number of H-pyrrole nitrogens is 1. The van der Waals surface area contributed by atoms with Crippen LogP contribution in [0.25, 0.3) is 11.2 Å². The van der Waals surface area contributed by atoms with Gasteiger partial charge in [-0.2, -0.15) is 15.1 Å². The van der Waals surface area contributed by atoms with Crippen molar-refractivity contribution >= 4 is 22.9 Å². The molecule has 4 atom stereocenters. The highest BCUT2D eigenvalue weighted by molar-refractivity contribution is 5.84. The number of hydrogen-bond donors (Lipinski definition) is 5. The minimum Gasteiger partial charge on any atom is -0.387 e. The second kappa shape index (κ2) is 12.8. The summed E-state index contributed by atoms with van der Waals surface area (Å²) in [6.45, 7) is 1.08. The molecule has 13 heteroatoms. The van der Waals surface area contributed by atoms with Crippen LogP contribution in [0, 0.1) is 0 Å². The highest BCUT2D eigenvalue weighted by Gasteiger charge is 2.46. The van der Waals surface area contributed by atoms with E-state index in [0.29, 0.717) is 48.3 Å². The molecule has 2 aromatic carbocycles. The highest BCUT2D eigenvalue weighted by Crippen LogP contribution is 2.39. The van der Waals surface area contributed by atoms with E-state index in [1.807, 2.05) is 54.6 Å². The maximum atomic E-state index is 11.0. The number of benzene rings is 2. The minimum absolute atomic E-state index is 0.0397. The zero-order chi connectivity index (χ0) is 30.6. The molecule has 1 unspecified atom stereocenters. The number of fused-ring (bicyclic) bond motifs is 1. The quantitative estimate of drug-likeness (QED) is 0.147. The van der Waals surface area contributed by atoms with Crippen molar-refractivity contribution in [3.8, 4) is 0 Å². The average molecular weight is 605 g/mol. The molecule has 0 bridgehead atoms. The molecule has 45 heavy (non-hydrogen) atoms. The van der Waals surface area contributed by atoms with Crippen LogP contribution in [0.5, 0.6) is 0 Å². The molecular weight excluding hydrogens is 572 g/mol. The van der Waals surface area contributed by atoms with Crippen molar-refractivity contribution < 1.29 is 14.9 Å². The molecular formula is C32H32N10O3. The lowest BCUT2D eigenvalue weighted by molar-refractivity contribution is -0.0382. The summed E-state index contributed by atoms with van der Waals surface area (Å²) in [4.78, 5) is 22.7. The van der Waals surface area contributed by atoms with Gasteiger partial charge in [-0.15, -0.1) is 0 Å². The van der Waals surface area contributed by atoms with Crippen molar-refractivity contribution in [3.05, 3.63) is 120 Å². The molecule has 6 aromatic rings. The van der Waals surface area contributed by atoms with Gasteiger partial charge in [0.2, 0.25) is 5.95 Å². The normalized spacial score (nSPS) is 19.7. The minimum atomic E-state index is -1.27. The third kappa shape index (κ3) is 5.96. The Morgan fingerprint density at radius 2 is 1.60 bits per heavy atom. The lowest BCUT2D eigenvalue weighted by Gasteiger charge is -2.20. The van der Waals surface area contributed by atoms with Crippen LogP contribution in [0.3, 0.4) is 0 Å². The summed E-state index contributed by atoms with van der Waals surface area (Å²) in [6, 6.07) is 26.4. The van der Waals surface area contributed by atoms with E-state index in [4.69, 9.17) is 14.7 Å². The van der Waals surface area contributed by atoms with Gasteiger partial charge in [0.05, 0.1) is 6.33 Å². The summed E-state index contributed by atoms with van der Waals surface area (Å²) in [5, 5.41) is 35.2. The Morgan fingerprint density at radius 1 is 0.844 bits per heavy atom. The van der Waals surface area contributed by atoms with Crippen LogP contribution in [0.2, 0.25) is 0 Å². The fourth-order valence-electron chi connectivity index (χ4n) is 5.62. The van der Waals surface area contributed by atoms with Crippen LogP contribution in [0.1, 0.15) is 40.9 Å². The molecule has 0 aliphatic carbocycles. The smallest absolute Gasteiger partial charge is 0.226 e. The first-order chi connectivity index (χ1) is 22.2. The summed E-state index contributed by atoms with van der Waals surface area (Å²) in [6.07, 6.45) is 0.897. The Kier molecular flexibility index (Phi) is 8.10. The molecule has 0 radical (unpaired) electrons. The molecule has 4 aromatic heterocycles. The zero-order valence-corrected chi connectivity index (χ0v) is 24.2. The highest BCUT2D eigenvalue weighted by atomic mass is 16.6. The van der Waals surface area contributed by atoms with Gasteiger partial charge in [0.25, 0.3) is 0 Å². The van der Waals surface area contributed by atoms with E-state index in [1.54, 1.807) is 10.8 Å². The summed E-state index contributed by atoms with van der Waals surface area (Å²) < 4.78 is 7.71. The SMILES string of the molecule is O[C@@H]1[C@H](O)C(c2ncn[nH]2)O[C@H]1n1cnc2c(NCC(c3ccccc3)c3ccccc3)nc(NCCc3ccccn3)nc21. The van der Waals surface area contributed by atoms with Crippen LogP contribution in [0.4, 0.5) is 11.8 Å². The van der Waals surface area contributed by atoms with E-state index >= 15 is 0 Å². The molecule has 1 saturated heterocycles. The van der Waals surface area contributed by atoms with Crippen LogP contribution in [-0.2, 0) is 11.2 Å². The average Bonchev–Trinajstić information content (AvgIpc) is 3.83. The molecule has 7 rings (SSSR count). The number of ether oxygens (including phenoxy) is 1. The largest absolute Gasteiger partial charge is 0.387 e. The maximum Gasteiger partial charge on any atom is 0.226 e. The molecule has 5 heterocycles. The van der Waals surface area contributed by atoms with E-state index in [-0.39, 0.29) is 5.92 Å². The maximum absolute atomic E-state index is 11.0. The Morgan fingerprint density at radius 3 is 2.29 bits per heavy atom. The summed E-state index contributed by atoms with van der Waals surface area (Å²) in [5.74, 6) is 1.25. The molecule has 228 valence electrons. The number of aliphatic hydroxyl groups is 2. The molecule has 0 spiro atoms. The Labute approximate surface area is 258 Å².